The minimum absolute atomic E-state index is 0.361. The van der Waals surface area contributed by atoms with E-state index in [1.807, 2.05) is 29.9 Å². The smallest absolute Gasteiger partial charge is 0.337 e. The lowest BCUT2D eigenvalue weighted by atomic mass is 10.1. The van der Waals surface area contributed by atoms with Crippen LogP contribution >= 0.6 is 0 Å². The number of nitrogens with one attached hydrogen (secondary N) is 1. The molecule has 150 valence electrons. The van der Waals surface area contributed by atoms with E-state index >= 15 is 0 Å². The van der Waals surface area contributed by atoms with Gasteiger partial charge in [0.1, 0.15) is 0 Å². The molecular formula is C21H23N5O3. The van der Waals surface area contributed by atoms with Crippen molar-refractivity contribution in [3.8, 4) is 11.3 Å². The Labute approximate surface area is 168 Å². The fourth-order valence-electron chi connectivity index (χ4n) is 3.36. The molecule has 1 N–H and O–H groups in total. The van der Waals surface area contributed by atoms with Gasteiger partial charge in [0.05, 0.1) is 36.3 Å². The van der Waals surface area contributed by atoms with Gasteiger partial charge in [-0.05, 0) is 37.5 Å². The first-order valence-electron chi connectivity index (χ1n) is 9.55. The van der Waals surface area contributed by atoms with E-state index in [1.54, 1.807) is 24.5 Å². The van der Waals surface area contributed by atoms with Gasteiger partial charge in [0.25, 0.3) is 0 Å². The number of carbonyl (C=O) groups excluding carboxylic acids is 1. The van der Waals surface area contributed by atoms with Crippen molar-refractivity contribution in [2.24, 2.45) is 0 Å². The summed E-state index contributed by atoms with van der Waals surface area (Å²) in [5.41, 5.74) is 3.99. The molecule has 4 rings (SSSR count). The van der Waals surface area contributed by atoms with E-state index in [0.29, 0.717) is 17.6 Å². The summed E-state index contributed by atoms with van der Waals surface area (Å²) in [5.74, 6) is 0.133. The molecule has 0 spiro atoms. The number of hydrogen-bond acceptors (Lipinski definition) is 7. The van der Waals surface area contributed by atoms with Gasteiger partial charge in [-0.2, -0.15) is 5.10 Å². The molecule has 0 radical (unpaired) electrons. The quantitative estimate of drug-likeness (QED) is 0.663. The predicted octanol–water partition coefficient (Wildman–Crippen LogP) is 3.53. The molecule has 8 nitrogen and oxygen atoms in total. The number of carbonyl (C=O) groups is 1. The molecule has 0 bridgehead atoms. The second-order valence-corrected chi connectivity index (χ2v) is 6.97. The van der Waals surface area contributed by atoms with Crippen LogP contribution in [0, 0.1) is 6.92 Å². The van der Waals surface area contributed by atoms with Crippen molar-refractivity contribution in [2.75, 3.05) is 25.6 Å². The van der Waals surface area contributed by atoms with Crippen LogP contribution in [0.25, 0.3) is 11.3 Å². The molecule has 1 aliphatic heterocycles. The van der Waals surface area contributed by atoms with E-state index in [0.717, 1.165) is 48.6 Å². The van der Waals surface area contributed by atoms with Crippen molar-refractivity contribution in [1.29, 1.82) is 0 Å². The lowest BCUT2D eigenvalue weighted by Crippen LogP contribution is -2.19. The zero-order chi connectivity index (χ0) is 20.2. The largest absolute Gasteiger partial charge is 0.465 e. The summed E-state index contributed by atoms with van der Waals surface area (Å²) in [6.07, 6.45) is 7.47. The number of methoxy groups -OCH3 is 1. The van der Waals surface area contributed by atoms with E-state index in [9.17, 15) is 4.79 Å². The molecule has 0 amide bonds. The van der Waals surface area contributed by atoms with Crippen molar-refractivity contribution >= 4 is 17.6 Å². The van der Waals surface area contributed by atoms with Gasteiger partial charge in [0.2, 0.25) is 5.95 Å². The van der Waals surface area contributed by atoms with Gasteiger partial charge in [-0.25, -0.2) is 14.8 Å². The molecule has 1 saturated heterocycles. The number of aryl methyl sites for hydroxylation is 1. The minimum Gasteiger partial charge on any atom is -0.465 e. The zero-order valence-electron chi connectivity index (χ0n) is 16.5. The van der Waals surface area contributed by atoms with Gasteiger partial charge in [-0.3, -0.25) is 4.68 Å². The molecule has 0 atom stereocenters. The Morgan fingerprint density at radius 2 is 1.97 bits per heavy atom. The average molecular weight is 393 g/mol. The fourth-order valence-corrected chi connectivity index (χ4v) is 3.36. The van der Waals surface area contributed by atoms with Crippen LogP contribution in [0.1, 0.15) is 34.8 Å². The van der Waals surface area contributed by atoms with Crippen molar-refractivity contribution in [3.63, 3.8) is 0 Å². The average Bonchev–Trinajstić information content (AvgIpc) is 3.24. The highest BCUT2D eigenvalue weighted by Gasteiger charge is 2.17. The molecule has 3 aromatic rings. The number of ether oxygens (including phenoxy) is 2. The highest BCUT2D eigenvalue weighted by Crippen LogP contribution is 2.25. The van der Waals surface area contributed by atoms with Gasteiger partial charge in [0, 0.05) is 31.2 Å². The van der Waals surface area contributed by atoms with E-state index in [1.165, 1.54) is 7.11 Å². The maximum absolute atomic E-state index is 11.6. The summed E-state index contributed by atoms with van der Waals surface area (Å²) in [7, 11) is 1.37. The van der Waals surface area contributed by atoms with E-state index in [2.05, 4.69) is 20.4 Å². The van der Waals surface area contributed by atoms with Gasteiger partial charge in [-0.1, -0.05) is 12.1 Å². The fraction of sp³-hybridized carbons (Fsp3) is 0.333. The first-order valence-corrected chi connectivity index (χ1v) is 9.55. The molecule has 8 heteroatoms. The van der Waals surface area contributed by atoms with Crippen LogP contribution in [0.4, 0.5) is 11.6 Å². The molecule has 1 aliphatic rings. The monoisotopic (exact) mass is 393 g/mol. The maximum Gasteiger partial charge on any atom is 0.337 e. The SMILES string of the molecule is COC(=O)c1ccc(-c2nc(Nc3cnn(C4CCOCC4)c3)ncc2C)cc1. The molecule has 1 aromatic carbocycles. The summed E-state index contributed by atoms with van der Waals surface area (Å²) in [6.45, 7) is 3.50. The van der Waals surface area contributed by atoms with Crippen LogP contribution < -0.4 is 5.32 Å². The van der Waals surface area contributed by atoms with E-state index in [-0.39, 0.29) is 5.97 Å². The van der Waals surface area contributed by atoms with Crippen LogP contribution in [0.2, 0.25) is 0 Å². The number of hydrogen-bond donors (Lipinski definition) is 1. The number of benzene rings is 1. The third-order valence-corrected chi connectivity index (χ3v) is 4.97. The summed E-state index contributed by atoms with van der Waals surface area (Å²) in [4.78, 5) is 20.7. The van der Waals surface area contributed by atoms with Crippen LogP contribution in [-0.4, -0.2) is 46.0 Å². The van der Waals surface area contributed by atoms with Crippen molar-refractivity contribution in [2.45, 2.75) is 25.8 Å². The summed E-state index contributed by atoms with van der Waals surface area (Å²) in [5, 5.41) is 7.70. The van der Waals surface area contributed by atoms with Crippen LogP contribution in [-0.2, 0) is 9.47 Å². The first kappa shape index (κ1) is 19.1. The Morgan fingerprint density at radius 3 is 2.69 bits per heavy atom. The molecule has 0 unspecified atom stereocenters. The Balaban J connectivity index is 1.53. The van der Waals surface area contributed by atoms with Crippen LogP contribution in [0.5, 0.6) is 0 Å². The number of rotatable bonds is 5. The third-order valence-electron chi connectivity index (χ3n) is 4.97. The van der Waals surface area contributed by atoms with Crippen LogP contribution in [0.3, 0.4) is 0 Å². The third kappa shape index (κ3) is 4.27. The zero-order valence-corrected chi connectivity index (χ0v) is 16.5. The Kier molecular flexibility index (Phi) is 5.53. The second-order valence-electron chi connectivity index (χ2n) is 6.97. The highest BCUT2D eigenvalue weighted by atomic mass is 16.5. The van der Waals surface area contributed by atoms with Crippen molar-refractivity contribution < 1.29 is 14.3 Å². The standard InChI is InChI=1S/C21H23N5O3/c1-14-11-22-21(24-17-12-23-26(13-17)18-7-9-29-10-8-18)25-19(14)15-3-5-16(6-4-15)20(27)28-2/h3-6,11-13,18H,7-10H2,1-2H3,(H,22,24,25). The summed E-state index contributed by atoms with van der Waals surface area (Å²) in [6, 6.07) is 7.53. The molecule has 29 heavy (non-hydrogen) atoms. The lowest BCUT2D eigenvalue weighted by molar-refractivity contribution is 0.0600. The maximum atomic E-state index is 11.6. The molecule has 0 aliphatic carbocycles. The predicted molar refractivity (Wildman–Crippen MR) is 108 cm³/mol. The number of esters is 1. The molecule has 1 fully saturated rings. The topological polar surface area (TPSA) is 91.2 Å². The van der Waals surface area contributed by atoms with E-state index in [4.69, 9.17) is 9.47 Å². The molecule has 0 saturated carbocycles. The summed E-state index contributed by atoms with van der Waals surface area (Å²) < 4.78 is 12.1. The van der Waals surface area contributed by atoms with Gasteiger partial charge >= 0.3 is 5.97 Å². The van der Waals surface area contributed by atoms with E-state index < -0.39 is 0 Å². The Bertz CT molecular complexity index is 994. The lowest BCUT2D eigenvalue weighted by Gasteiger charge is -2.22. The summed E-state index contributed by atoms with van der Waals surface area (Å²) >= 11 is 0. The van der Waals surface area contributed by atoms with Crippen LogP contribution in [0.15, 0.2) is 42.9 Å². The van der Waals surface area contributed by atoms with Gasteiger partial charge in [0.15, 0.2) is 0 Å². The number of nitrogens with zero attached hydrogens (tertiary/aromatic N) is 4. The Morgan fingerprint density at radius 1 is 1.21 bits per heavy atom. The molecule has 2 aromatic heterocycles. The number of aromatic nitrogens is 4. The van der Waals surface area contributed by atoms with Crippen molar-refractivity contribution in [3.05, 3.63) is 54.0 Å². The normalized spacial score (nSPS) is 14.6. The van der Waals surface area contributed by atoms with Gasteiger partial charge in [-0.15, -0.1) is 0 Å². The molecule has 3 heterocycles. The van der Waals surface area contributed by atoms with Gasteiger partial charge < -0.3 is 14.8 Å². The van der Waals surface area contributed by atoms with Crippen molar-refractivity contribution in [1.82, 2.24) is 19.7 Å². The second kappa shape index (κ2) is 8.40. The Hall–Kier alpha value is -3.26. The molecular weight excluding hydrogens is 370 g/mol. The number of anilines is 2. The highest BCUT2D eigenvalue weighted by molar-refractivity contribution is 5.89. The minimum atomic E-state index is -0.361. The first-order chi connectivity index (χ1) is 14.1.